The number of hydrogen-bond donors (Lipinski definition) is 2. The first-order valence-corrected chi connectivity index (χ1v) is 4.41. The van der Waals surface area contributed by atoms with Crippen molar-refractivity contribution < 1.29 is 14.3 Å². The highest BCUT2D eigenvalue weighted by molar-refractivity contribution is 6.06. The zero-order valence-corrected chi connectivity index (χ0v) is 8.49. The molecule has 0 atom stereocenters. The summed E-state index contributed by atoms with van der Waals surface area (Å²) in [7, 11) is 0. The summed E-state index contributed by atoms with van der Waals surface area (Å²) in [5.41, 5.74) is -0.178. The number of nitrogens with one attached hydrogen (secondary N) is 1. The van der Waals surface area contributed by atoms with E-state index in [0.29, 0.717) is 0 Å². The van der Waals surface area contributed by atoms with Crippen molar-refractivity contribution in [3.63, 3.8) is 0 Å². The van der Waals surface area contributed by atoms with Gasteiger partial charge in [-0.2, -0.15) is 5.26 Å². The second-order valence-corrected chi connectivity index (χ2v) is 3.04. The molecule has 0 bridgehead atoms. The fourth-order valence-electron chi connectivity index (χ4n) is 1.06. The van der Waals surface area contributed by atoms with Crippen LogP contribution in [0, 0.1) is 17.1 Å². The van der Waals surface area contributed by atoms with Gasteiger partial charge in [0.25, 0.3) is 5.91 Å². The van der Waals surface area contributed by atoms with Crippen molar-refractivity contribution in [3.8, 4) is 6.07 Å². The first-order valence-electron chi connectivity index (χ1n) is 4.41. The van der Waals surface area contributed by atoms with Gasteiger partial charge in [0.05, 0.1) is 0 Å². The smallest absolute Gasteiger partial charge is 0.269 e. The predicted octanol–water partition coefficient (Wildman–Crippen LogP) is 2.12. The number of nitrogens with zero attached hydrogens (tertiary/aromatic N) is 1. The van der Waals surface area contributed by atoms with Gasteiger partial charge in [-0.3, -0.25) is 4.79 Å². The molecule has 1 aromatic carbocycles. The maximum atomic E-state index is 12.8. The van der Waals surface area contributed by atoms with Gasteiger partial charge in [0.15, 0.2) is 5.57 Å². The molecular formula is C11H9FN2O2. The Morgan fingerprint density at radius 3 is 2.75 bits per heavy atom. The van der Waals surface area contributed by atoms with Crippen LogP contribution in [0.25, 0.3) is 0 Å². The topological polar surface area (TPSA) is 73.1 Å². The minimum absolute atomic E-state index is 0.221. The molecule has 0 aliphatic rings. The van der Waals surface area contributed by atoms with E-state index in [9.17, 15) is 9.18 Å². The summed E-state index contributed by atoms with van der Waals surface area (Å²) in [4.78, 5) is 11.4. The minimum Gasteiger partial charge on any atom is -0.511 e. The van der Waals surface area contributed by atoms with Crippen LogP contribution in [0.15, 0.2) is 35.6 Å². The SMILES string of the molecule is C/C(O)=C(\C#N)C(=O)Nc1cccc(F)c1. The fraction of sp³-hybridized carbons (Fsp3) is 0.0909. The number of hydrogen-bond acceptors (Lipinski definition) is 3. The fourth-order valence-corrected chi connectivity index (χ4v) is 1.06. The molecule has 0 aliphatic carbocycles. The standard InChI is InChI=1S/C11H9FN2O2/c1-7(15)10(6-13)11(16)14-9-4-2-3-8(12)5-9/h2-5,15H,1H3,(H,14,16)/b10-7-. The Labute approximate surface area is 91.6 Å². The number of nitriles is 1. The van der Waals surface area contributed by atoms with Crippen molar-refractivity contribution in [1.82, 2.24) is 0 Å². The number of aliphatic hydroxyl groups excluding tert-OH is 1. The molecule has 0 spiro atoms. The highest BCUT2D eigenvalue weighted by Gasteiger charge is 2.12. The molecule has 1 amide bonds. The van der Waals surface area contributed by atoms with Gasteiger partial charge in [0.1, 0.15) is 17.6 Å². The van der Waals surface area contributed by atoms with Crippen LogP contribution >= 0.6 is 0 Å². The molecule has 0 fully saturated rings. The van der Waals surface area contributed by atoms with E-state index in [2.05, 4.69) is 5.32 Å². The molecule has 1 aromatic rings. The second kappa shape index (κ2) is 4.94. The van der Waals surface area contributed by atoms with Gasteiger partial charge in [0.2, 0.25) is 0 Å². The van der Waals surface area contributed by atoms with Crippen LogP contribution in [0.5, 0.6) is 0 Å². The van der Waals surface area contributed by atoms with E-state index in [4.69, 9.17) is 10.4 Å². The van der Waals surface area contributed by atoms with Crippen LogP contribution in [0.1, 0.15) is 6.92 Å². The zero-order valence-electron chi connectivity index (χ0n) is 8.49. The molecule has 16 heavy (non-hydrogen) atoms. The summed E-state index contributed by atoms with van der Waals surface area (Å²) in [6, 6.07) is 6.80. The van der Waals surface area contributed by atoms with Crippen LogP contribution in [0.2, 0.25) is 0 Å². The molecule has 0 saturated heterocycles. The highest BCUT2D eigenvalue weighted by Crippen LogP contribution is 2.11. The normalized spacial score (nSPS) is 11.3. The largest absolute Gasteiger partial charge is 0.511 e. The Hall–Kier alpha value is -2.35. The summed E-state index contributed by atoms with van der Waals surface area (Å²) in [5, 5.41) is 19.9. The number of rotatable bonds is 2. The lowest BCUT2D eigenvalue weighted by molar-refractivity contribution is -0.112. The summed E-state index contributed by atoms with van der Waals surface area (Å²) in [6.07, 6.45) is 0. The number of halogens is 1. The first kappa shape index (κ1) is 11.7. The van der Waals surface area contributed by atoms with Crippen LogP contribution in [0.4, 0.5) is 10.1 Å². The third-order valence-electron chi connectivity index (χ3n) is 1.78. The molecule has 0 aromatic heterocycles. The average Bonchev–Trinajstić information content (AvgIpc) is 2.17. The lowest BCUT2D eigenvalue weighted by Crippen LogP contribution is -2.14. The van der Waals surface area contributed by atoms with Gasteiger partial charge in [-0.15, -0.1) is 0 Å². The Balaban J connectivity index is 2.88. The number of carbonyl (C=O) groups is 1. The number of anilines is 1. The van der Waals surface area contributed by atoms with Crippen molar-refractivity contribution in [2.45, 2.75) is 6.92 Å². The minimum atomic E-state index is -0.770. The van der Waals surface area contributed by atoms with E-state index in [0.717, 1.165) is 6.07 Å². The Morgan fingerprint density at radius 2 is 2.25 bits per heavy atom. The van der Waals surface area contributed by atoms with Gasteiger partial charge < -0.3 is 10.4 Å². The van der Waals surface area contributed by atoms with E-state index >= 15 is 0 Å². The van der Waals surface area contributed by atoms with Crippen molar-refractivity contribution >= 4 is 11.6 Å². The molecule has 82 valence electrons. The number of carbonyl (C=O) groups excluding carboxylic acids is 1. The molecule has 1 rings (SSSR count). The maximum absolute atomic E-state index is 12.8. The molecular weight excluding hydrogens is 211 g/mol. The molecule has 0 saturated carbocycles. The van der Waals surface area contributed by atoms with Crippen molar-refractivity contribution in [2.75, 3.05) is 5.32 Å². The monoisotopic (exact) mass is 220 g/mol. The highest BCUT2D eigenvalue weighted by atomic mass is 19.1. The Bertz CT molecular complexity index is 485. The van der Waals surface area contributed by atoms with Crippen LogP contribution in [0.3, 0.4) is 0 Å². The van der Waals surface area contributed by atoms with E-state index in [1.54, 1.807) is 6.07 Å². The molecule has 0 heterocycles. The van der Waals surface area contributed by atoms with Crippen molar-refractivity contribution in [2.24, 2.45) is 0 Å². The van der Waals surface area contributed by atoms with Gasteiger partial charge in [-0.1, -0.05) is 6.07 Å². The third kappa shape index (κ3) is 2.82. The molecule has 4 nitrogen and oxygen atoms in total. The van der Waals surface area contributed by atoms with Gasteiger partial charge in [-0.25, -0.2) is 4.39 Å². The molecule has 0 unspecified atom stereocenters. The quantitative estimate of drug-likeness (QED) is 0.455. The summed E-state index contributed by atoms with van der Waals surface area (Å²) >= 11 is 0. The van der Waals surface area contributed by atoms with Crippen molar-refractivity contribution in [1.29, 1.82) is 5.26 Å². The summed E-state index contributed by atoms with van der Waals surface area (Å²) in [5.74, 6) is -1.65. The van der Waals surface area contributed by atoms with E-state index in [-0.39, 0.29) is 11.4 Å². The summed E-state index contributed by atoms with van der Waals surface area (Å²) in [6.45, 7) is 1.23. The number of allylic oxidation sites excluding steroid dienone is 1. The Kier molecular flexibility index (Phi) is 3.62. The van der Waals surface area contributed by atoms with E-state index in [1.807, 2.05) is 0 Å². The Morgan fingerprint density at radius 1 is 1.56 bits per heavy atom. The summed E-state index contributed by atoms with van der Waals surface area (Å²) < 4.78 is 12.8. The molecule has 0 aliphatic heterocycles. The zero-order chi connectivity index (χ0) is 12.1. The number of aliphatic hydroxyl groups is 1. The third-order valence-corrected chi connectivity index (χ3v) is 1.78. The lowest BCUT2D eigenvalue weighted by Gasteiger charge is -2.04. The lowest BCUT2D eigenvalue weighted by atomic mass is 10.2. The molecule has 0 radical (unpaired) electrons. The predicted molar refractivity (Wildman–Crippen MR) is 56.0 cm³/mol. The number of amides is 1. The molecule has 2 N–H and O–H groups in total. The number of benzene rings is 1. The second-order valence-electron chi connectivity index (χ2n) is 3.04. The van der Waals surface area contributed by atoms with E-state index < -0.39 is 17.3 Å². The van der Waals surface area contributed by atoms with Crippen molar-refractivity contribution in [3.05, 3.63) is 41.4 Å². The molecule has 5 heteroatoms. The van der Waals surface area contributed by atoms with Gasteiger partial charge in [0, 0.05) is 5.69 Å². The average molecular weight is 220 g/mol. The van der Waals surface area contributed by atoms with Crippen LogP contribution in [-0.2, 0) is 4.79 Å². The van der Waals surface area contributed by atoms with E-state index in [1.165, 1.54) is 25.1 Å². The van der Waals surface area contributed by atoms with Gasteiger partial charge >= 0.3 is 0 Å². The maximum Gasteiger partial charge on any atom is 0.269 e. The van der Waals surface area contributed by atoms with Crippen LogP contribution < -0.4 is 5.32 Å². The van der Waals surface area contributed by atoms with Crippen LogP contribution in [-0.4, -0.2) is 11.0 Å². The van der Waals surface area contributed by atoms with Gasteiger partial charge in [-0.05, 0) is 25.1 Å². The first-order chi connectivity index (χ1) is 7.54.